The zero-order valence-corrected chi connectivity index (χ0v) is 15.4. The van der Waals surface area contributed by atoms with E-state index in [1.54, 1.807) is 0 Å². The van der Waals surface area contributed by atoms with E-state index in [1.165, 1.54) is 19.2 Å². The summed E-state index contributed by atoms with van der Waals surface area (Å²) in [5.41, 5.74) is -0.604. The van der Waals surface area contributed by atoms with Gasteiger partial charge in [0.15, 0.2) is 18.3 Å². The van der Waals surface area contributed by atoms with Crippen LogP contribution in [0.5, 0.6) is 11.5 Å². The van der Waals surface area contributed by atoms with Crippen LogP contribution in [0.2, 0.25) is 0 Å². The summed E-state index contributed by atoms with van der Waals surface area (Å²) in [7, 11) is 0.751. The fraction of sp³-hybridized carbons (Fsp3) is 0.647. The minimum Gasteiger partial charge on any atom is -0.487 e. The molecule has 1 saturated heterocycles. The molecule has 1 heterocycles. The Labute approximate surface area is 143 Å². The lowest BCUT2D eigenvalue weighted by molar-refractivity contribution is 0.00578. The van der Waals surface area contributed by atoms with Crippen LogP contribution < -0.4 is 14.9 Å². The predicted octanol–water partition coefficient (Wildman–Crippen LogP) is 2.89. The van der Waals surface area contributed by atoms with Crippen LogP contribution in [0.3, 0.4) is 0 Å². The third-order valence-corrected chi connectivity index (χ3v) is 4.24. The van der Waals surface area contributed by atoms with E-state index in [1.807, 2.05) is 41.5 Å². The second kappa shape index (κ2) is 6.90. The van der Waals surface area contributed by atoms with Crippen LogP contribution in [-0.4, -0.2) is 38.3 Å². The fourth-order valence-corrected chi connectivity index (χ4v) is 2.33. The van der Waals surface area contributed by atoms with Gasteiger partial charge in [0.05, 0.1) is 17.3 Å². The maximum absolute atomic E-state index is 14.1. The average molecular weight is 340 g/mol. The van der Waals surface area contributed by atoms with Gasteiger partial charge in [0.1, 0.15) is 5.82 Å². The smallest absolute Gasteiger partial charge is 0.487 e. The minimum absolute atomic E-state index is 0.0132. The van der Waals surface area contributed by atoms with Gasteiger partial charge in [-0.15, -0.1) is 0 Å². The number of halogens is 1. The van der Waals surface area contributed by atoms with E-state index >= 15 is 0 Å². The molecule has 2 rings (SSSR count). The van der Waals surface area contributed by atoms with E-state index in [4.69, 9.17) is 23.5 Å². The lowest BCUT2D eigenvalue weighted by atomic mass is 9.78. The summed E-state index contributed by atoms with van der Waals surface area (Å²) in [6.45, 7) is 11.5. The van der Waals surface area contributed by atoms with Gasteiger partial charge in [-0.25, -0.2) is 4.39 Å². The molecule has 0 spiro atoms. The van der Waals surface area contributed by atoms with Crippen molar-refractivity contribution < 1.29 is 27.9 Å². The molecule has 1 aliphatic rings. The van der Waals surface area contributed by atoms with E-state index < -0.39 is 24.1 Å². The van der Waals surface area contributed by atoms with Crippen molar-refractivity contribution in [2.45, 2.75) is 58.8 Å². The Kier molecular flexibility index (Phi) is 5.47. The van der Waals surface area contributed by atoms with Crippen molar-refractivity contribution in [3.63, 3.8) is 0 Å². The second-order valence-corrected chi connectivity index (χ2v) is 7.13. The molecule has 1 aromatic carbocycles. The van der Waals surface area contributed by atoms with Crippen LogP contribution in [0.1, 0.15) is 41.5 Å². The first kappa shape index (κ1) is 19.0. The Balaban J connectivity index is 2.46. The molecule has 0 bridgehead atoms. The van der Waals surface area contributed by atoms with E-state index in [9.17, 15) is 4.39 Å². The van der Waals surface area contributed by atoms with Crippen molar-refractivity contribution in [2.24, 2.45) is 0 Å². The summed E-state index contributed by atoms with van der Waals surface area (Å²) in [5.74, 6) is 0.208. The number of hydrogen-bond acceptors (Lipinski definition) is 5. The first-order valence-corrected chi connectivity index (χ1v) is 8.05. The Morgan fingerprint density at radius 1 is 1.12 bits per heavy atom. The standard InChI is InChI=1S/C17H26BFO5/c1-11(2)22-15-13(8-12(19)9-14(15)21-10-20-7)18-23-16(3,4)17(5,6)24-18/h8-9,11H,10H2,1-7H3. The van der Waals surface area contributed by atoms with Crippen molar-refractivity contribution in [2.75, 3.05) is 13.9 Å². The molecule has 1 fully saturated rings. The Hall–Kier alpha value is -1.31. The molecule has 134 valence electrons. The van der Waals surface area contributed by atoms with Crippen molar-refractivity contribution in [3.05, 3.63) is 17.9 Å². The average Bonchev–Trinajstić information content (AvgIpc) is 2.66. The van der Waals surface area contributed by atoms with Crippen LogP contribution in [0.15, 0.2) is 12.1 Å². The molecule has 24 heavy (non-hydrogen) atoms. The fourth-order valence-electron chi connectivity index (χ4n) is 2.33. The molecular weight excluding hydrogens is 314 g/mol. The molecular formula is C17H26BFO5. The van der Waals surface area contributed by atoms with Gasteiger partial charge in [0.25, 0.3) is 0 Å². The van der Waals surface area contributed by atoms with Gasteiger partial charge in [-0.2, -0.15) is 0 Å². The summed E-state index contributed by atoms with van der Waals surface area (Å²) in [6.07, 6.45) is -0.124. The van der Waals surface area contributed by atoms with Gasteiger partial charge in [0, 0.05) is 18.6 Å². The zero-order chi connectivity index (χ0) is 18.1. The first-order valence-electron chi connectivity index (χ1n) is 8.05. The van der Waals surface area contributed by atoms with Crippen molar-refractivity contribution in [1.82, 2.24) is 0 Å². The number of methoxy groups -OCH3 is 1. The molecule has 0 N–H and O–H groups in total. The van der Waals surface area contributed by atoms with Crippen LogP contribution in [0.25, 0.3) is 0 Å². The van der Waals surface area contributed by atoms with Gasteiger partial charge in [-0.05, 0) is 47.6 Å². The number of ether oxygens (including phenoxy) is 3. The monoisotopic (exact) mass is 340 g/mol. The highest BCUT2D eigenvalue weighted by Crippen LogP contribution is 2.38. The Bertz CT molecular complexity index is 573. The SMILES string of the molecule is COCOc1cc(F)cc(B2OC(C)(C)C(C)(C)O2)c1OC(C)C. The molecule has 0 unspecified atom stereocenters. The molecule has 1 aliphatic heterocycles. The van der Waals surface area contributed by atoms with Crippen LogP contribution in [-0.2, 0) is 14.0 Å². The summed E-state index contributed by atoms with van der Waals surface area (Å²) < 4.78 is 42.4. The molecule has 5 nitrogen and oxygen atoms in total. The van der Waals surface area contributed by atoms with Gasteiger partial charge in [-0.3, -0.25) is 0 Å². The molecule has 0 amide bonds. The third kappa shape index (κ3) is 3.84. The quantitative estimate of drug-likeness (QED) is 0.589. The molecule has 0 aliphatic carbocycles. The van der Waals surface area contributed by atoms with E-state index in [-0.39, 0.29) is 18.6 Å². The molecule has 0 radical (unpaired) electrons. The topological polar surface area (TPSA) is 46.2 Å². The van der Waals surface area contributed by atoms with Crippen molar-refractivity contribution >= 4 is 12.6 Å². The highest BCUT2D eigenvalue weighted by molar-refractivity contribution is 6.63. The van der Waals surface area contributed by atoms with E-state index in [2.05, 4.69) is 0 Å². The summed E-state index contributed by atoms with van der Waals surface area (Å²) in [6, 6.07) is 2.63. The maximum atomic E-state index is 14.1. The minimum atomic E-state index is -0.746. The van der Waals surface area contributed by atoms with Gasteiger partial charge >= 0.3 is 7.12 Å². The van der Waals surface area contributed by atoms with Crippen LogP contribution in [0.4, 0.5) is 4.39 Å². The molecule has 0 saturated carbocycles. The number of hydrogen-bond donors (Lipinski definition) is 0. The van der Waals surface area contributed by atoms with Gasteiger partial charge < -0.3 is 23.5 Å². The Morgan fingerprint density at radius 3 is 2.21 bits per heavy atom. The van der Waals surface area contributed by atoms with Crippen molar-refractivity contribution in [3.8, 4) is 11.5 Å². The van der Waals surface area contributed by atoms with Gasteiger partial charge in [0.2, 0.25) is 0 Å². The number of benzene rings is 1. The normalized spacial score (nSPS) is 19.0. The lowest BCUT2D eigenvalue weighted by Gasteiger charge is -2.32. The molecule has 1 aromatic rings. The van der Waals surface area contributed by atoms with Gasteiger partial charge in [-0.1, -0.05) is 0 Å². The second-order valence-electron chi connectivity index (χ2n) is 7.13. The first-order chi connectivity index (χ1) is 11.1. The van der Waals surface area contributed by atoms with E-state index in [0.29, 0.717) is 11.2 Å². The maximum Gasteiger partial charge on any atom is 0.498 e. The molecule has 0 aromatic heterocycles. The van der Waals surface area contributed by atoms with Crippen LogP contribution >= 0.6 is 0 Å². The number of rotatable bonds is 6. The highest BCUT2D eigenvalue weighted by atomic mass is 19.1. The zero-order valence-electron chi connectivity index (χ0n) is 15.4. The highest BCUT2D eigenvalue weighted by Gasteiger charge is 2.53. The lowest BCUT2D eigenvalue weighted by Crippen LogP contribution is -2.41. The largest absolute Gasteiger partial charge is 0.498 e. The summed E-state index contributed by atoms with van der Waals surface area (Å²) >= 11 is 0. The van der Waals surface area contributed by atoms with Crippen molar-refractivity contribution in [1.29, 1.82) is 0 Å². The third-order valence-electron chi connectivity index (χ3n) is 4.24. The Morgan fingerprint density at radius 2 is 1.71 bits per heavy atom. The summed E-state index contributed by atoms with van der Waals surface area (Å²) in [5, 5.41) is 0. The summed E-state index contributed by atoms with van der Waals surface area (Å²) in [4.78, 5) is 0. The molecule has 0 atom stereocenters. The predicted molar refractivity (Wildman–Crippen MR) is 90.4 cm³/mol. The van der Waals surface area contributed by atoms with Crippen LogP contribution in [0, 0.1) is 5.82 Å². The van der Waals surface area contributed by atoms with E-state index in [0.717, 1.165) is 0 Å². The molecule has 7 heteroatoms.